The highest BCUT2D eigenvalue weighted by Crippen LogP contribution is 2.32. The fraction of sp³-hybridized carbons (Fsp3) is 0.381. The Morgan fingerprint density at radius 1 is 1.19 bits per heavy atom. The number of rotatable bonds is 5. The molecule has 3 aromatic rings. The third-order valence-electron chi connectivity index (χ3n) is 4.99. The van der Waals surface area contributed by atoms with Crippen molar-refractivity contribution in [3.8, 4) is 11.8 Å². The molecule has 0 spiro atoms. The quantitative estimate of drug-likeness (QED) is 0.355. The molecule has 4 rings (SSSR count). The number of anilines is 1. The van der Waals surface area contributed by atoms with Gasteiger partial charge in [-0.2, -0.15) is 0 Å². The van der Waals surface area contributed by atoms with Crippen LogP contribution in [0.25, 0.3) is 11.2 Å². The van der Waals surface area contributed by atoms with Crippen LogP contribution in [-0.2, 0) is 4.74 Å². The molecule has 0 amide bonds. The minimum absolute atomic E-state index is 0.145. The molecule has 162 valence electrons. The van der Waals surface area contributed by atoms with Gasteiger partial charge in [0.15, 0.2) is 23.2 Å². The zero-order valence-electron chi connectivity index (χ0n) is 16.8. The first-order valence-corrected chi connectivity index (χ1v) is 9.89. The van der Waals surface area contributed by atoms with Crippen LogP contribution in [0.4, 0.5) is 5.82 Å². The largest absolute Gasteiger partial charge is 0.394 e. The Hall–Kier alpha value is -3.07. The summed E-state index contributed by atoms with van der Waals surface area (Å²) in [4.78, 5) is 13.1. The second kappa shape index (κ2) is 8.97. The molecule has 10 heteroatoms. The van der Waals surface area contributed by atoms with Gasteiger partial charge < -0.3 is 30.5 Å². The Balaban J connectivity index is 1.73. The van der Waals surface area contributed by atoms with Crippen molar-refractivity contribution >= 4 is 17.0 Å². The maximum Gasteiger partial charge on any atom is 0.209 e. The van der Waals surface area contributed by atoms with Gasteiger partial charge in [-0.15, -0.1) is 0 Å². The number of nitrogens with zero attached hydrogens (tertiary/aromatic N) is 4. The predicted octanol–water partition coefficient (Wildman–Crippen LogP) is -0.0453. The second-order valence-corrected chi connectivity index (χ2v) is 7.06. The number of hydrogen-bond acceptors (Lipinski definition) is 9. The summed E-state index contributed by atoms with van der Waals surface area (Å²) in [6.45, 7) is 2.04. The highest BCUT2D eigenvalue weighted by molar-refractivity contribution is 5.83. The fourth-order valence-corrected chi connectivity index (χ4v) is 3.41. The summed E-state index contributed by atoms with van der Waals surface area (Å²) in [6.07, 6.45) is -4.01. The lowest BCUT2D eigenvalue weighted by molar-refractivity contribution is -0.0511. The molecule has 10 nitrogen and oxygen atoms in total. The molecule has 1 fully saturated rings. The first-order valence-electron chi connectivity index (χ1n) is 9.89. The van der Waals surface area contributed by atoms with Gasteiger partial charge in [0.2, 0.25) is 5.82 Å². The molecule has 3 heterocycles. The van der Waals surface area contributed by atoms with E-state index < -0.39 is 37.3 Å². The monoisotopic (exact) mass is 425 g/mol. The first-order chi connectivity index (χ1) is 15.0. The number of aromatic nitrogens is 4. The Labute approximate surface area is 178 Å². The zero-order chi connectivity index (χ0) is 22.0. The SMILES string of the molecule is CCNc1nc(C#C[C@H](O)c2ccccc2)nc2c1ncn2[C@@H]1O[C@H](CO)[C@@H](O)[C@H]1O. The number of ether oxygens (including phenoxy) is 1. The van der Waals surface area contributed by atoms with Crippen molar-refractivity contribution in [2.24, 2.45) is 0 Å². The van der Waals surface area contributed by atoms with Gasteiger partial charge in [-0.25, -0.2) is 15.0 Å². The molecule has 1 aliphatic rings. The Kier molecular flexibility index (Phi) is 6.13. The van der Waals surface area contributed by atoms with Crippen molar-refractivity contribution in [2.75, 3.05) is 18.5 Å². The molecule has 0 bridgehead atoms. The Morgan fingerprint density at radius 2 is 1.97 bits per heavy atom. The highest BCUT2D eigenvalue weighted by atomic mass is 16.6. The lowest BCUT2D eigenvalue weighted by Crippen LogP contribution is -2.33. The second-order valence-electron chi connectivity index (χ2n) is 7.06. The molecule has 1 saturated heterocycles. The predicted molar refractivity (Wildman–Crippen MR) is 111 cm³/mol. The maximum absolute atomic E-state index is 10.4. The summed E-state index contributed by atoms with van der Waals surface area (Å²) in [5.74, 6) is 6.10. The Morgan fingerprint density at radius 3 is 2.65 bits per heavy atom. The number of imidazole rings is 1. The fourth-order valence-electron chi connectivity index (χ4n) is 3.41. The van der Waals surface area contributed by atoms with Crippen LogP contribution in [0.15, 0.2) is 36.7 Å². The zero-order valence-corrected chi connectivity index (χ0v) is 16.8. The normalized spacial score (nSPS) is 24.0. The van der Waals surface area contributed by atoms with Crippen LogP contribution >= 0.6 is 0 Å². The van der Waals surface area contributed by atoms with Crippen molar-refractivity contribution < 1.29 is 25.2 Å². The number of aliphatic hydroxyl groups excluding tert-OH is 4. The van der Waals surface area contributed by atoms with Crippen molar-refractivity contribution in [3.05, 3.63) is 48.0 Å². The van der Waals surface area contributed by atoms with Crippen LogP contribution < -0.4 is 5.32 Å². The first kappa shape index (κ1) is 21.2. The van der Waals surface area contributed by atoms with E-state index in [-0.39, 0.29) is 5.82 Å². The third-order valence-corrected chi connectivity index (χ3v) is 4.99. The summed E-state index contributed by atoms with van der Waals surface area (Å²) < 4.78 is 7.07. The summed E-state index contributed by atoms with van der Waals surface area (Å²) in [5, 5.41) is 43.2. The van der Waals surface area contributed by atoms with Crippen LogP contribution in [0.2, 0.25) is 0 Å². The van der Waals surface area contributed by atoms with E-state index in [1.54, 1.807) is 12.1 Å². The smallest absolute Gasteiger partial charge is 0.209 e. The summed E-state index contributed by atoms with van der Waals surface area (Å²) in [5.41, 5.74) is 1.42. The van der Waals surface area contributed by atoms with E-state index in [0.717, 1.165) is 0 Å². The summed E-state index contributed by atoms with van der Waals surface area (Å²) in [7, 11) is 0. The number of nitrogens with one attached hydrogen (secondary N) is 1. The molecule has 5 atom stereocenters. The van der Waals surface area contributed by atoms with E-state index in [9.17, 15) is 20.4 Å². The number of aliphatic hydroxyl groups is 4. The van der Waals surface area contributed by atoms with Gasteiger partial charge in [0.05, 0.1) is 12.9 Å². The van der Waals surface area contributed by atoms with Crippen molar-refractivity contribution in [1.82, 2.24) is 19.5 Å². The van der Waals surface area contributed by atoms with Crippen molar-refractivity contribution in [1.29, 1.82) is 0 Å². The Bertz CT molecular complexity index is 1110. The standard InChI is InChI=1S/C21H23N5O5/c1-2-22-19-16-20(26(11-23-16)21-18(30)17(29)14(10-27)31-21)25-15(24-19)9-8-13(28)12-6-4-3-5-7-12/h3-7,11,13-14,17-18,21,27-30H,2,10H2,1H3,(H,22,24,25)/t13-,14+,17+,18+,21+/m0/s1. The van der Waals surface area contributed by atoms with E-state index in [1.807, 2.05) is 25.1 Å². The number of hydrogen-bond donors (Lipinski definition) is 5. The molecule has 0 unspecified atom stereocenters. The van der Waals surface area contributed by atoms with Crippen LogP contribution in [0.5, 0.6) is 0 Å². The van der Waals surface area contributed by atoms with Gasteiger partial charge >= 0.3 is 0 Å². The van der Waals surface area contributed by atoms with E-state index in [1.165, 1.54) is 10.9 Å². The minimum Gasteiger partial charge on any atom is -0.394 e. The van der Waals surface area contributed by atoms with Gasteiger partial charge in [0.1, 0.15) is 24.4 Å². The van der Waals surface area contributed by atoms with Crippen LogP contribution in [0.3, 0.4) is 0 Å². The van der Waals surface area contributed by atoms with Gasteiger partial charge in [0, 0.05) is 6.54 Å². The van der Waals surface area contributed by atoms with E-state index in [0.29, 0.717) is 29.1 Å². The van der Waals surface area contributed by atoms with Gasteiger partial charge in [0.25, 0.3) is 0 Å². The third kappa shape index (κ3) is 4.10. The molecule has 0 aliphatic carbocycles. The molecule has 31 heavy (non-hydrogen) atoms. The average Bonchev–Trinajstić information content (AvgIpc) is 3.34. The summed E-state index contributed by atoms with van der Waals surface area (Å²) in [6, 6.07) is 9.01. The van der Waals surface area contributed by atoms with E-state index in [4.69, 9.17) is 4.74 Å². The van der Waals surface area contributed by atoms with Crippen LogP contribution in [0, 0.1) is 11.8 Å². The molecule has 1 aliphatic heterocycles. The van der Waals surface area contributed by atoms with Gasteiger partial charge in [-0.1, -0.05) is 36.3 Å². The van der Waals surface area contributed by atoms with Crippen LogP contribution in [-0.4, -0.2) is 71.4 Å². The minimum atomic E-state index is -1.28. The molecule has 5 N–H and O–H groups in total. The lowest BCUT2D eigenvalue weighted by Gasteiger charge is -2.16. The van der Waals surface area contributed by atoms with Gasteiger partial charge in [-0.3, -0.25) is 4.57 Å². The van der Waals surface area contributed by atoms with Crippen LogP contribution in [0.1, 0.15) is 30.6 Å². The number of fused-ring (bicyclic) bond motifs is 1. The molecule has 1 aromatic carbocycles. The maximum atomic E-state index is 10.4. The number of benzene rings is 1. The van der Waals surface area contributed by atoms with Crippen molar-refractivity contribution in [2.45, 2.75) is 37.6 Å². The van der Waals surface area contributed by atoms with E-state index >= 15 is 0 Å². The molecular formula is C21H23N5O5. The summed E-state index contributed by atoms with van der Waals surface area (Å²) >= 11 is 0. The van der Waals surface area contributed by atoms with Crippen molar-refractivity contribution in [3.63, 3.8) is 0 Å². The molecule has 0 saturated carbocycles. The highest BCUT2D eigenvalue weighted by Gasteiger charge is 2.44. The average molecular weight is 425 g/mol. The topological polar surface area (TPSA) is 146 Å². The lowest BCUT2D eigenvalue weighted by atomic mass is 10.1. The van der Waals surface area contributed by atoms with Gasteiger partial charge in [-0.05, 0) is 18.4 Å². The molecular weight excluding hydrogens is 402 g/mol. The molecule has 0 radical (unpaired) electrons. The molecule has 2 aromatic heterocycles. The van der Waals surface area contributed by atoms with E-state index in [2.05, 4.69) is 32.1 Å².